The van der Waals surface area contributed by atoms with Crippen molar-refractivity contribution in [2.45, 2.75) is 70.4 Å². The van der Waals surface area contributed by atoms with Crippen LogP contribution in [0.2, 0.25) is 0 Å². The summed E-state index contributed by atoms with van der Waals surface area (Å²) >= 11 is 0. The zero-order chi connectivity index (χ0) is 15.5. The molecule has 0 spiro atoms. The highest BCUT2D eigenvalue weighted by Crippen LogP contribution is 2.30. The van der Waals surface area contributed by atoms with Gasteiger partial charge >= 0.3 is 0 Å². The van der Waals surface area contributed by atoms with Crippen LogP contribution in [-0.4, -0.2) is 24.5 Å². The molecule has 1 aliphatic carbocycles. The molecule has 118 valence electrons. The molecular weight excluding hydrogens is 256 g/mol. The Morgan fingerprint density at radius 1 is 1.10 bits per heavy atom. The Morgan fingerprint density at radius 3 is 2.14 bits per heavy atom. The van der Waals surface area contributed by atoms with E-state index in [9.17, 15) is 0 Å². The van der Waals surface area contributed by atoms with Gasteiger partial charge in [-0.25, -0.2) is 0 Å². The fourth-order valence-corrected chi connectivity index (χ4v) is 3.49. The van der Waals surface area contributed by atoms with E-state index in [1.165, 1.54) is 43.2 Å². The summed E-state index contributed by atoms with van der Waals surface area (Å²) in [7, 11) is 2.26. The van der Waals surface area contributed by atoms with Crippen molar-refractivity contribution >= 4 is 0 Å². The number of hydrogen-bond donors (Lipinski definition) is 1. The maximum absolute atomic E-state index is 6.09. The lowest BCUT2D eigenvalue weighted by atomic mass is 9.86. The smallest absolute Gasteiger partial charge is 0.0470 e. The lowest BCUT2D eigenvalue weighted by Crippen LogP contribution is -2.39. The van der Waals surface area contributed by atoms with Crippen LogP contribution in [0.1, 0.15) is 70.0 Å². The van der Waals surface area contributed by atoms with Crippen molar-refractivity contribution < 1.29 is 0 Å². The Labute approximate surface area is 130 Å². The summed E-state index contributed by atoms with van der Waals surface area (Å²) in [6.07, 6.45) is 6.79. The molecule has 0 aliphatic heterocycles. The molecule has 21 heavy (non-hydrogen) atoms. The van der Waals surface area contributed by atoms with Gasteiger partial charge in [-0.2, -0.15) is 0 Å². The Morgan fingerprint density at radius 2 is 1.67 bits per heavy atom. The summed E-state index contributed by atoms with van der Waals surface area (Å²) in [6.45, 7) is 7.48. The molecule has 1 aliphatic rings. The third-order valence-corrected chi connectivity index (χ3v) is 5.03. The van der Waals surface area contributed by atoms with Gasteiger partial charge in [0.05, 0.1) is 0 Å². The van der Waals surface area contributed by atoms with E-state index >= 15 is 0 Å². The second kappa shape index (κ2) is 6.93. The van der Waals surface area contributed by atoms with Crippen LogP contribution in [0.4, 0.5) is 0 Å². The Bertz CT molecular complexity index is 424. The first kappa shape index (κ1) is 16.5. The SMILES string of the molecule is CN(C1CCCCC1)C(CN)c1ccc(C(C)(C)C)cc1. The minimum atomic E-state index is 0.214. The first-order valence-corrected chi connectivity index (χ1v) is 8.46. The maximum atomic E-state index is 6.09. The van der Waals surface area contributed by atoms with Gasteiger partial charge in [-0.05, 0) is 36.4 Å². The minimum Gasteiger partial charge on any atom is -0.329 e. The van der Waals surface area contributed by atoms with Crippen LogP contribution in [0.15, 0.2) is 24.3 Å². The second-order valence-corrected chi connectivity index (χ2v) is 7.58. The Hall–Kier alpha value is -0.860. The van der Waals surface area contributed by atoms with Crippen molar-refractivity contribution in [1.29, 1.82) is 0 Å². The van der Waals surface area contributed by atoms with E-state index in [2.05, 4.69) is 57.0 Å². The van der Waals surface area contributed by atoms with Crippen LogP contribution >= 0.6 is 0 Å². The number of nitrogens with two attached hydrogens (primary N) is 1. The van der Waals surface area contributed by atoms with Crippen LogP contribution in [0.25, 0.3) is 0 Å². The van der Waals surface area contributed by atoms with E-state index in [1.807, 2.05) is 0 Å². The van der Waals surface area contributed by atoms with Crippen molar-refractivity contribution in [2.75, 3.05) is 13.6 Å². The molecule has 2 nitrogen and oxygen atoms in total. The zero-order valence-corrected chi connectivity index (χ0v) is 14.2. The highest BCUT2D eigenvalue weighted by atomic mass is 15.2. The van der Waals surface area contributed by atoms with E-state index < -0.39 is 0 Å². The summed E-state index contributed by atoms with van der Waals surface area (Å²) in [5.41, 5.74) is 9.06. The van der Waals surface area contributed by atoms with Crippen LogP contribution < -0.4 is 5.73 Å². The van der Waals surface area contributed by atoms with Gasteiger partial charge in [0, 0.05) is 18.6 Å². The molecular formula is C19H32N2. The fraction of sp³-hybridized carbons (Fsp3) is 0.684. The highest BCUT2D eigenvalue weighted by molar-refractivity contribution is 5.29. The van der Waals surface area contributed by atoms with E-state index in [1.54, 1.807) is 0 Å². The third kappa shape index (κ3) is 4.08. The molecule has 0 radical (unpaired) electrons. The molecule has 0 saturated heterocycles. The monoisotopic (exact) mass is 288 g/mol. The van der Waals surface area contributed by atoms with Gasteiger partial charge in [-0.3, -0.25) is 4.90 Å². The molecule has 1 saturated carbocycles. The van der Waals surface area contributed by atoms with Crippen LogP contribution in [-0.2, 0) is 5.41 Å². The zero-order valence-electron chi connectivity index (χ0n) is 14.2. The summed E-state index contributed by atoms with van der Waals surface area (Å²) in [6, 6.07) is 10.1. The first-order chi connectivity index (χ1) is 9.93. The summed E-state index contributed by atoms with van der Waals surface area (Å²) in [5, 5.41) is 0. The summed E-state index contributed by atoms with van der Waals surface area (Å²) in [5.74, 6) is 0. The molecule has 0 aromatic heterocycles. The standard InChI is InChI=1S/C19H32N2/c1-19(2,3)16-12-10-15(11-13-16)18(14-20)21(4)17-8-6-5-7-9-17/h10-13,17-18H,5-9,14,20H2,1-4H3. The molecule has 1 aromatic carbocycles. The predicted molar refractivity (Wildman–Crippen MR) is 91.6 cm³/mol. The largest absolute Gasteiger partial charge is 0.329 e. The average Bonchev–Trinajstić information content (AvgIpc) is 2.48. The summed E-state index contributed by atoms with van der Waals surface area (Å²) < 4.78 is 0. The third-order valence-electron chi connectivity index (χ3n) is 5.03. The van der Waals surface area contributed by atoms with Crippen LogP contribution in [0, 0.1) is 0 Å². The molecule has 2 N–H and O–H groups in total. The number of rotatable bonds is 4. The predicted octanol–water partition coefficient (Wildman–Crippen LogP) is 4.25. The number of benzene rings is 1. The van der Waals surface area contributed by atoms with Crippen molar-refractivity contribution in [3.05, 3.63) is 35.4 Å². The van der Waals surface area contributed by atoms with Crippen LogP contribution in [0.3, 0.4) is 0 Å². The van der Waals surface area contributed by atoms with Crippen molar-refractivity contribution in [2.24, 2.45) is 5.73 Å². The average molecular weight is 288 g/mol. The number of hydrogen-bond acceptors (Lipinski definition) is 2. The maximum Gasteiger partial charge on any atom is 0.0470 e. The normalized spacial score (nSPS) is 19.0. The van der Waals surface area contributed by atoms with Gasteiger partial charge in [-0.1, -0.05) is 64.3 Å². The molecule has 1 fully saturated rings. The lowest BCUT2D eigenvalue weighted by Gasteiger charge is -2.37. The molecule has 2 rings (SSSR count). The van der Waals surface area contributed by atoms with E-state index in [4.69, 9.17) is 5.73 Å². The van der Waals surface area contributed by atoms with E-state index in [-0.39, 0.29) is 5.41 Å². The molecule has 0 bridgehead atoms. The molecule has 0 heterocycles. The Kier molecular flexibility index (Phi) is 5.45. The first-order valence-electron chi connectivity index (χ1n) is 8.46. The van der Waals surface area contributed by atoms with Gasteiger partial charge in [0.1, 0.15) is 0 Å². The second-order valence-electron chi connectivity index (χ2n) is 7.58. The van der Waals surface area contributed by atoms with Gasteiger partial charge in [0.25, 0.3) is 0 Å². The molecule has 2 heteroatoms. The quantitative estimate of drug-likeness (QED) is 0.897. The highest BCUT2D eigenvalue weighted by Gasteiger charge is 2.25. The number of nitrogens with zero attached hydrogens (tertiary/aromatic N) is 1. The van der Waals surface area contributed by atoms with E-state index in [0.29, 0.717) is 18.6 Å². The fourth-order valence-electron chi connectivity index (χ4n) is 3.49. The van der Waals surface area contributed by atoms with Gasteiger partial charge in [0.15, 0.2) is 0 Å². The molecule has 0 amide bonds. The molecule has 1 unspecified atom stereocenters. The van der Waals surface area contributed by atoms with Crippen molar-refractivity contribution in [3.8, 4) is 0 Å². The summed E-state index contributed by atoms with van der Waals surface area (Å²) in [4.78, 5) is 2.52. The van der Waals surface area contributed by atoms with Crippen molar-refractivity contribution in [1.82, 2.24) is 4.90 Å². The van der Waals surface area contributed by atoms with Crippen LogP contribution in [0.5, 0.6) is 0 Å². The molecule has 1 atom stereocenters. The lowest BCUT2D eigenvalue weighted by molar-refractivity contribution is 0.140. The van der Waals surface area contributed by atoms with E-state index in [0.717, 1.165) is 0 Å². The molecule has 1 aromatic rings. The Balaban J connectivity index is 2.12. The van der Waals surface area contributed by atoms with Gasteiger partial charge < -0.3 is 5.73 Å². The number of likely N-dealkylation sites (N-methyl/N-ethyl adjacent to an activating group) is 1. The van der Waals surface area contributed by atoms with Crippen molar-refractivity contribution in [3.63, 3.8) is 0 Å². The van der Waals surface area contributed by atoms with Gasteiger partial charge in [0.2, 0.25) is 0 Å². The topological polar surface area (TPSA) is 29.3 Å². The minimum absolute atomic E-state index is 0.214. The van der Waals surface area contributed by atoms with Gasteiger partial charge in [-0.15, -0.1) is 0 Å².